The molecule has 82 valence electrons. The Morgan fingerprint density at radius 1 is 1.47 bits per heavy atom. The van der Waals surface area contributed by atoms with E-state index in [-0.39, 0.29) is 5.91 Å². The number of carbonyl (C=O) groups excluding carboxylic acids is 1. The Kier molecular flexibility index (Phi) is 4.65. The van der Waals surface area contributed by atoms with Gasteiger partial charge in [-0.05, 0) is 30.5 Å². The van der Waals surface area contributed by atoms with Gasteiger partial charge in [0.25, 0.3) is 0 Å². The molecule has 0 saturated carbocycles. The molecule has 1 unspecified atom stereocenters. The van der Waals surface area contributed by atoms with Crippen molar-refractivity contribution in [3.8, 4) is 0 Å². The van der Waals surface area contributed by atoms with Crippen LogP contribution in [0.25, 0.3) is 0 Å². The Morgan fingerprint density at radius 3 is 2.47 bits per heavy atom. The summed E-state index contributed by atoms with van der Waals surface area (Å²) in [5, 5.41) is 2.89. The molecular formula is C11H16N2OS. The molecule has 0 bridgehead atoms. The van der Waals surface area contributed by atoms with E-state index in [1.54, 1.807) is 18.8 Å². The molecule has 0 aromatic heterocycles. The van der Waals surface area contributed by atoms with Crippen LogP contribution in [0.15, 0.2) is 29.2 Å². The van der Waals surface area contributed by atoms with Gasteiger partial charge in [-0.2, -0.15) is 0 Å². The summed E-state index contributed by atoms with van der Waals surface area (Å²) in [6, 6.07) is 7.49. The maximum atomic E-state index is 11.1. The smallest absolute Gasteiger partial charge is 0.239 e. The zero-order valence-corrected chi connectivity index (χ0v) is 9.80. The van der Waals surface area contributed by atoms with Crippen LogP contribution in [0.5, 0.6) is 0 Å². The molecule has 0 aliphatic heterocycles. The highest BCUT2D eigenvalue weighted by Gasteiger charge is 2.14. The highest BCUT2D eigenvalue weighted by molar-refractivity contribution is 7.99. The maximum Gasteiger partial charge on any atom is 0.239 e. The normalized spacial score (nSPS) is 12.4. The van der Waals surface area contributed by atoms with Crippen LogP contribution in [0.1, 0.15) is 18.5 Å². The van der Waals surface area contributed by atoms with Crippen LogP contribution in [-0.4, -0.2) is 18.7 Å². The number of benzene rings is 1. The van der Waals surface area contributed by atoms with E-state index in [0.29, 0.717) is 0 Å². The summed E-state index contributed by atoms with van der Waals surface area (Å²) in [6.07, 6.45) is 0. The zero-order chi connectivity index (χ0) is 11.3. The Morgan fingerprint density at radius 2 is 2.07 bits per heavy atom. The number of likely N-dealkylation sites (N-methyl/N-ethyl adjacent to an activating group) is 1. The third-order valence-corrected chi connectivity index (χ3v) is 2.99. The minimum absolute atomic E-state index is 0.353. The van der Waals surface area contributed by atoms with Gasteiger partial charge < -0.3 is 11.1 Å². The highest BCUT2D eigenvalue weighted by Crippen LogP contribution is 2.20. The van der Waals surface area contributed by atoms with Gasteiger partial charge in [0.05, 0.1) is 0 Å². The summed E-state index contributed by atoms with van der Waals surface area (Å²) in [7, 11) is 1.73. The van der Waals surface area contributed by atoms with Crippen molar-refractivity contribution in [3.05, 3.63) is 29.8 Å². The SMILES string of the molecule is CCSc1ccc(C(NC)C(N)=O)cc1. The second-order valence-electron chi connectivity index (χ2n) is 3.13. The largest absolute Gasteiger partial charge is 0.368 e. The summed E-state index contributed by atoms with van der Waals surface area (Å²) in [5.74, 6) is 0.693. The second kappa shape index (κ2) is 5.78. The van der Waals surface area contributed by atoms with Crippen LogP contribution in [0.3, 0.4) is 0 Å². The van der Waals surface area contributed by atoms with Crippen molar-refractivity contribution in [2.24, 2.45) is 5.73 Å². The fourth-order valence-corrected chi connectivity index (χ4v) is 2.06. The van der Waals surface area contributed by atoms with E-state index in [0.717, 1.165) is 11.3 Å². The van der Waals surface area contributed by atoms with Crippen LogP contribution < -0.4 is 11.1 Å². The summed E-state index contributed by atoms with van der Waals surface area (Å²) in [5.41, 5.74) is 6.18. The Bertz CT molecular complexity index is 324. The molecule has 4 heteroatoms. The lowest BCUT2D eigenvalue weighted by atomic mass is 10.1. The Balaban J connectivity index is 2.82. The monoisotopic (exact) mass is 224 g/mol. The van der Waals surface area contributed by atoms with E-state index in [1.807, 2.05) is 24.3 Å². The number of carbonyl (C=O) groups is 1. The molecule has 0 aliphatic carbocycles. The zero-order valence-electron chi connectivity index (χ0n) is 8.99. The van der Waals surface area contributed by atoms with Crippen molar-refractivity contribution < 1.29 is 4.79 Å². The number of nitrogens with one attached hydrogen (secondary N) is 1. The van der Waals surface area contributed by atoms with Crippen molar-refractivity contribution >= 4 is 17.7 Å². The predicted molar refractivity (Wildman–Crippen MR) is 63.8 cm³/mol. The summed E-state index contributed by atoms with van der Waals surface area (Å²) in [6.45, 7) is 2.11. The van der Waals surface area contributed by atoms with E-state index in [9.17, 15) is 4.79 Å². The van der Waals surface area contributed by atoms with Gasteiger partial charge >= 0.3 is 0 Å². The molecule has 1 rings (SSSR count). The van der Waals surface area contributed by atoms with E-state index >= 15 is 0 Å². The molecule has 1 amide bonds. The topological polar surface area (TPSA) is 55.1 Å². The van der Waals surface area contributed by atoms with Crippen molar-refractivity contribution in [2.75, 3.05) is 12.8 Å². The van der Waals surface area contributed by atoms with Crippen molar-refractivity contribution in [3.63, 3.8) is 0 Å². The van der Waals surface area contributed by atoms with Crippen LogP contribution in [0, 0.1) is 0 Å². The number of primary amides is 1. The van der Waals surface area contributed by atoms with Gasteiger partial charge in [0.2, 0.25) is 5.91 Å². The lowest BCUT2D eigenvalue weighted by Gasteiger charge is -2.12. The predicted octanol–water partition coefficient (Wildman–Crippen LogP) is 1.54. The summed E-state index contributed by atoms with van der Waals surface area (Å²) < 4.78 is 0. The number of hydrogen-bond acceptors (Lipinski definition) is 3. The molecule has 15 heavy (non-hydrogen) atoms. The molecule has 0 radical (unpaired) electrons. The number of amides is 1. The molecule has 1 aromatic carbocycles. The van der Waals surface area contributed by atoms with Crippen LogP contribution in [0.2, 0.25) is 0 Å². The van der Waals surface area contributed by atoms with Gasteiger partial charge in [-0.25, -0.2) is 0 Å². The fourth-order valence-electron chi connectivity index (χ4n) is 1.40. The molecule has 3 nitrogen and oxygen atoms in total. The van der Waals surface area contributed by atoms with E-state index < -0.39 is 6.04 Å². The summed E-state index contributed by atoms with van der Waals surface area (Å²) in [4.78, 5) is 12.3. The summed E-state index contributed by atoms with van der Waals surface area (Å²) >= 11 is 1.78. The average Bonchev–Trinajstić information content (AvgIpc) is 2.21. The van der Waals surface area contributed by atoms with Gasteiger partial charge in [0, 0.05) is 4.90 Å². The lowest BCUT2D eigenvalue weighted by molar-refractivity contribution is -0.120. The van der Waals surface area contributed by atoms with Crippen molar-refractivity contribution in [1.29, 1.82) is 0 Å². The van der Waals surface area contributed by atoms with Gasteiger partial charge in [0.1, 0.15) is 6.04 Å². The highest BCUT2D eigenvalue weighted by atomic mass is 32.2. The third-order valence-electron chi connectivity index (χ3n) is 2.10. The number of nitrogens with two attached hydrogens (primary N) is 1. The van der Waals surface area contributed by atoms with Crippen molar-refractivity contribution in [1.82, 2.24) is 5.32 Å². The van der Waals surface area contributed by atoms with Crippen molar-refractivity contribution in [2.45, 2.75) is 17.9 Å². The average molecular weight is 224 g/mol. The van der Waals surface area contributed by atoms with E-state index in [4.69, 9.17) is 5.73 Å². The molecule has 0 saturated heterocycles. The lowest BCUT2D eigenvalue weighted by Crippen LogP contribution is -2.31. The van der Waals surface area contributed by atoms with E-state index in [2.05, 4.69) is 12.2 Å². The van der Waals surface area contributed by atoms with E-state index in [1.165, 1.54) is 4.90 Å². The van der Waals surface area contributed by atoms with Gasteiger partial charge in [-0.1, -0.05) is 19.1 Å². The molecule has 1 aromatic rings. The van der Waals surface area contributed by atoms with Gasteiger partial charge in [-0.15, -0.1) is 11.8 Å². The minimum atomic E-state index is -0.398. The first-order valence-electron chi connectivity index (χ1n) is 4.88. The van der Waals surface area contributed by atoms with Crippen LogP contribution >= 0.6 is 11.8 Å². The number of thioether (sulfide) groups is 1. The quantitative estimate of drug-likeness (QED) is 0.746. The second-order valence-corrected chi connectivity index (χ2v) is 4.46. The van der Waals surface area contributed by atoms with Crippen LogP contribution in [0.4, 0.5) is 0 Å². The molecule has 0 heterocycles. The number of rotatable bonds is 5. The Labute approximate surface area is 94.4 Å². The molecule has 1 atom stereocenters. The molecule has 3 N–H and O–H groups in total. The van der Waals surface area contributed by atoms with Gasteiger partial charge in [0.15, 0.2) is 0 Å². The molecule has 0 fully saturated rings. The Hall–Kier alpha value is -1.00. The maximum absolute atomic E-state index is 11.1. The minimum Gasteiger partial charge on any atom is -0.368 e. The van der Waals surface area contributed by atoms with Crippen LogP contribution in [-0.2, 0) is 4.79 Å². The fraction of sp³-hybridized carbons (Fsp3) is 0.364. The first-order chi connectivity index (χ1) is 7.19. The molecular weight excluding hydrogens is 208 g/mol. The van der Waals surface area contributed by atoms with Gasteiger partial charge in [-0.3, -0.25) is 4.79 Å². The first-order valence-corrected chi connectivity index (χ1v) is 5.87. The molecule has 0 spiro atoms. The standard InChI is InChI=1S/C11H16N2OS/c1-3-15-9-6-4-8(5-7-9)10(13-2)11(12)14/h4-7,10,13H,3H2,1-2H3,(H2,12,14). The third kappa shape index (κ3) is 3.25. The number of hydrogen-bond donors (Lipinski definition) is 2. The first kappa shape index (κ1) is 12.1. The molecule has 0 aliphatic rings.